The summed E-state index contributed by atoms with van der Waals surface area (Å²) in [5.74, 6) is 6.32. The van der Waals surface area contributed by atoms with Crippen LogP contribution in [0.1, 0.15) is 87.3 Å². The molecule has 2 unspecified atom stereocenters. The third kappa shape index (κ3) is 13.7. The molecule has 0 saturated heterocycles. The van der Waals surface area contributed by atoms with Gasteiger partial charge in [0.05, 0.1) is 37.2 Å². The van der Waals surface area contributed by atoms with Crippen molar-refractivity contribution in [2.75, 3.05) is 126 Å². The first-order valence-electron chi connectivity index (χ1n) is 31.3. The van der Waals surface area contributed by atoms with E-state index in [9.17, 15) is 15.3 Å². The molecule has 6 aliphatic rings. The van der Waals surface area contributed by atoms with Gasteiger partial charge in [-0.2, -0.15) is 15.0 Å². The number of aliphatic hydroxyl groups excluding tert-OH is 3. The lowest BCUT2D eigenvalue weighted by Gasteiger charge is -2.31. The van der Waals surface area contributed by atoms with Gasteiger partial charge in [0, 0.05) is 161 Å². The number of nitrogens with one attached hydrogen (secondary N) is 7. The van der Waals surface area contributed by atoms with E-state index in [1.807, 2.05) is 73.4 Å². The lowest BCUT2D eigenvalue weighted by molar-refractivity contribution is 0.0902. The van der Waals surface area contributed by atoms with E-state index >= 15 is 0 Å². The van der Waals surface area contributed by atoms with E-state index in [2.05, 4.69) is 96.2 Å². The molecule has 0 amide bonds. The maximum Gasteiger partial charge on any atom is 0.229 e. The number of anilines is 9. The quantitative estimate of drug-likeness (QED) is 0.0439. The smallest absolute Gasteiger partial charge is 0.229 e. The number of likely N-dealkylation sites (N-methyl/N-ethyl adjacent to an activating group) is 2. The van der Waals surface area contributed by atoms with Crippen molar-refractivity contribution in [2.24, 2.45) is 5.92 Å². The Morgan fingerprint density at radius 3 is 1.69 bits per heavy atom. The Morgan fingerprint density at radius 2 is 1.07 bits per heavy atom. The lowest BCUT2D eigenvalue weighted by Crippen LogP contribution is -2.32. The van der Waals surface area contributed by atoms with Gasteiger partial charge in [-0.15, -0.1) is 0 Å². The van der Waals surface area contributed by atoms with E-state index in [1.54, 1.807) is 0 Å². The molecule has 22 nitrogen and oxygen atoms in total. The summed E-state index contributed by atoms with van der Waals surface area (Å²) in [5, 5.41) is 57.1. The Kier molecular flexibility index (Phi) is 18.2. The molecule has 470 valence electrons. The number of nitrogens with zero attached hydrogens (tertiary/aromatic N) is 8. The molecule has 0 fully saturated rings. The monoisotopic (exact) mass is 1210 g/mol. The van der Waals surface area contributed by atoms with E-state index in [0.717, 1.165) is 126 Å². The highest BCUT2D eigenvalue weighted by molar-refractivity contribution is 5.84. The van der Waals surface area contributed by atoms with Crippen molar-refractivity contribution in [3.63, 3.8) is 0 Å². The highest BCUT2D eigenvalue weighted by atomic mass is 16.6. The van der Waals surface area contributed by atoms with Gasteiger partial charge in [0.1, 0.15) is 41.7 Å². The number of rotatable bonds is 16. The predicted octanol–water partition coefficient (Wildman–Crippen LogP) is 8.04. The fourth-order valence-corrected chi connectivity index (χ4v) is 13.3. The molecule has 22 heteroatoms. The van der Waals surface area contributed by atoms with E-state index in [1.165, 1.54) is 0 Å². The number of aryl methyl sites for hydroxylation is 2. The van der Waals surface area contributed by atoms with Crippen molar-refractivity contribution in [1.82, 2.24) is 45.0 Å². The fourth-order valence-electron chi connectivity index (χ4n) is 13.3. The van der Waals surface area contributed by atoms with Crippen LogP contribution in [-0.2, 0) is 25.7 Å². The van der Waals surface area contributed by atoms with Gasteiger partial charge in [-0.1, -0.05) is 18.2 Å². The molecule has 0 radical (unpaired) electrons. The van der Waals surface area contributed by atoms with Crippen LogP contribution in [0.2, 0.25) is 0 Å². The zero-order chi connectivity index (χ0) is 62.0. The van der Waals surface area contributed by atoms with E-state index < -0.39 is 24.4 Å². The molecule has 9 heterocycles. The second-order valence-corrected chi connectivity index (χ2v) is 24.7. The van der Waals surface area contributed by atoms with Crippen molar-refractivity contribution in [3.05, 3.63) is 116 Å². The number of hydrogen-bond donors (Lipinski definition) is 10. The Hall–Kier alpha value is -8.12. The second-order valence-electron chi connectivity index (χ2n) is 24.7. The molecule has 89 heavy (non-hydrogen) atoms. The molecular weight excluding hydrogens is 1130 g/mol. The maximum absolute atomic E-state index is 11.4. The van der Waals surface area contributed by atoms with Crippen LogP contribution in [0.25, 0.3) is 16.7 Å². The van der Waals surface area contributed by atoms with Crippen molar-refractivity contribution < 1.29 is 34.3 Å². The van der Waals surface area contributed by atoms with Gasteiger partial charge in [-0.05, 0) is 124 Å². The first-order valence-corrected chi connectivity index (χ1v) is 31.3. The number of ether oxygens (including phenoxy) is 4. The normalized spacial score (nSPS) is 21.2. The largest absolute Gasteiger partial charge is 0.493 e. The average Bonchev–Trinajstić information content (AvgIpc) is 1.64. The first kappa shape index (κ1) is 61.1. The van der Waals surface area contributed by atoms with Gasteiger partial charge in [0.25, 0.3) is 0 Å². The summed E-state index contributed by atoms with van der Waals surface area (Å²) in [7, 11) is 9.61. The predicted molar refractivity (Wildman–Crippen MR) is 350 cm³/mol. The van der Waals surface area contributed by atoms with Gasteiger partial charge in [-0.3, -0.25) is 0 Å². The Balaban J connectivity index is 0.828. The van der Waals surface area contributed by atoms with Gasteiger partial charge < -0.3 is 81.3 Å². The molecule has 6 aromatic rings. The molecule has 0 bridgehead atoms. The Bertz CT molecular complexity index is 3740. The van der Waals surface area contributed by atoms with Crippen LogP contribution in [0.5, 0.6) is 23.0 Å². The van der Waals surface area contributed by atoms with Gasteiger partial charge in [-0.25, -0.2) is 15.0 Å². The zero-order valence-electron chi connectivity index (χ0n) is 52.7. The molecule has 10 N–H and O–H groups in total. The van der Waals surface area contributed by atoms with Crippen LogP contribution in [0.3, 0.4) is 0 Å². The van der Waals surface area contributed by atoms with Crippen molar-refractivity contribution in [3.8, 4) is 23.0 Å². The number of β-amino-alcohol motifs (C(OH)–C–C–N with tert-alkyl or cyclic N) is 3. The summed E-state index contributed by atoms with van der Waals surface area (Å²) in [6.45, 7) is 13.2. The molecule has 12 rings (SSSR count). The topological polar surface area (TPSA) is 266 Å². The third-order valence-electron chi connectivity index (χ3n) is 17.7. The number of aromatic nitrogens is 6. The minimum absolute atomic E-state index is 0.0545. The zero-order valence-corrected chi connectivity index (χ0v) is 52.7. The first-order chi connectivity index (χ1) is 43.0. The van der Waals surface area contributed by atoms with Crippen molar-refractivity contribution >= 4 is 69.1 Å². The molecule has 3 aromatic heterocycles. The molecule has 0 saturated carbocycles. The summed E-state index contributed by atoms with van der Waals surface area (Å²) in [4.78, 5) is 33.9. The SMILES string of the molecule is CNc1cc(CC2COc3c(cc(Nc4nc(CC5COc6c(cc(Nc7nc(C)cc(NC)n7)c(C)c6C6=CCNC[C@@H](O)C6)O5)cc(NC)n4)c(C)c3C3=CCN(C)C[C@@H](O)C3)C2)nc(Nc2cc3c(c(C4=CCN(C)C[C@H](O)C4)c2C)OCCC3)n1. The lowest BCUT2D eigenvalue weighted by atomic mass is 9.86. The summed E-state index contributed by atoms with van der Waals surface area (Å²) >= 11 is 0. The van der Waals surface area contributed by atoms with E-state index in [0.29, 0.717) is 131 Å². The highest BCUT2D eigenvalue weighted by Crippen LogP contribution is 2.48. The summed E-state index contributed by atoms with van der Waals surface area (Å²) in [5.41, 5.74) is 15.9. The average molecular weight is 1210 g/mol. The van der Waals surface area contributed by atoms with Crippen molar-refractivity contribution in [2.45, 2.75) is 103 Å². The molecule has 6 aliphatic heterocycles. The molecule has 3 aromatic carbocycles. The number of benzene rings is 3. The van der Waals surface area contributed by atoms with Gasteiger partial charge >= 0.3 is 0 Å². The number of fused-ring (bicyclic) bond motifs is 3. The van der Waals surface area contributed by atoms with Gasteiger partial charge in [0.15, 0.2) is 11.5 Å². The third-order valence-corrected chi connectivity index (χ3v) is 17.7. The number of hydrogen-bond acceptors (Lipinski definition) is 22. The minimum atomic E-state index is -0.573. The Labute approximate surface area is 521 Å². The molecule has 0 spiro atoms. The van der Waals surface area contributed by atoms with E-state index in [-0.39, 0.29) is 12.5 Å². The number of aliphatic hydroxyl groups is 3. The maximum atomic E-state index is 11.4. The molecular formula is C67H85N15O7. The van der Waals surface area contributed by atoms with Crippen LogP contribution in [0.4, 0.5) is 52.4 Å². The second kappa shape index (κ2) is 26.5. The van der Waals surface area contributed by atoms with Gasteiger partial charge in [0.2, 0.25) is 17.8 Å². The van der Waals surface area contributed by atoms with Crippen LogP contribution in [0, 0.1) is 33.6 Å². The summed E-state index contributed by atoms with van der Waals surface area (Å²) < 4.78 is 26.9. The highest BCUT2D eigenvalue weighted by Gasteiger charge is 2.33. The fraction of sp³-hybridized carbons (Fsp3) is 0.463. The summed E-state index contributed by atoms with van der Waals surface area (Å²) in [6, 6.07) is 12.1. The minimum Gasteiger partial charge on any atom is -0.493 e. The van der Waals surface area contributed by atoms with Crippen LogP contribution >= 0.6 is 0 Å². The van der Waals surface area contributed by atoms with Crippen LogP contribution < -0.4 is 56.2 Å². The van der Waals surface area contributed by atoms with Crippen LogP contribution in [0.15, 0.2) is 54.6 Å². The van der Waals surface area contributed by atoms with E-state index in [4.69, 9.17) is 43.9 Å². The summed E-state index contributed by atoms with van der Waals surface area (Å²) in [6.07, 6.45) is 9.52. The standard InChI is InChI=1S/C67H85N15O7/c1-36-19-56(68-5)78-65(72-36)77-54-30-55-64(61(39(54)4)41-12-15-71-31-48(83)22-41)88-35-51(89-55)27-47-29-58(70-7)80-67(74-47)76-53-26-45-20-40(34-87-63(45)60(38(53)3)43-14-17-82(9)33-50(85)24-43)21-46-28-57(69-6)79-66(73-46)75-52-25-44-11-10-18-86-62(44)59(37(52)2)42-13-16-81(8)32-49(84)23-42/h12-14,19,25-26,28-30,40,48-51,71,83-85H,10-11,15-18,20-24,27,31-35H2,1-9H3,(H2,68,72,77,78)(H2,69,73,75,79)(H2,70,74,76,80)/t40?,48-,49+,50-,51?/m0/s1. The Morgan fingerprint density at radius 1 is 0.551 bits per heavy atom. The molecule has 0 aliphatic carbocycles. The molecule has 5 atom stereocenters. The van der Waals surface area contributed by atoms with Crippen molar-refractivity contribution in [1.29, 1.82) is 0 Å². The van der Waals surface area contributed by atoms with Crippen LogP contribution in [-0.4, -0.2) is 174 Å².